The lowest BCUT2D eigenvalue weighted by Crippen LogP contribution is -2.46. The highest BCUT2D eigenvalue weighted by Gasteiger charge is 2.30. The molecule has 6 rings (SSSR count). The summed E-state index contributed by atoms with van der Waals surface area (Å²) >= 11 is 0. The Morgan fingerprint density at radius 1 is 1.15 bits per heavy atom. The van der Waals surface area contributed by atoms with E-state index in [1.807, 2.05) is 29.7 Å². The van der Waals surface area contributed by atoms with Crippen LogP contribution in [0.4, 0.5) is 0 Å². The zero-order chi connectivity index (χ0) is 27.1. The summed E-state index contributed by atoms with van der Waals surface area (Å²) in [5, 5.41) is 15.4. The Balaban J connectivity index is 1.39. The first-order valence-corrected chi connectivity index (χ1v) is 13.9. The zero-order valence-corrected chi connectivity index (χ0v) is 22.8. The quantitative estimate of drug-likeness (QED) is 0.252. The molecule has 1 fully saturated rings. The Bertz CT molecular complexity index is 1470. The molecule has 3 aliphatic heterocycles. The highest BCUT2D eigenvalue weighted by Crippen LogP contribution is 2.41. The van der Waals surface area contributed by atoms with E-state index in [0.717, 1.165) is 84.9 Å². The highest BCUT2D eigenvalue weighted by atomic mass is 16.7. The van der Waals surface area contributed by atoms with Gasteiger partial charge in [-0.25, -0.2) is 4.98 Å². The van der Waals surface area contributed by atoms with E-state index in [-0.39, 0.29) is 12.4 Å². The number of nitrogens with zero attached hydrogens (tertiary/aromatic N) is 4. The summed E-state index contributed by atoms with van der Waals surface area (Å²) in [6, 6.07) is 5.88. The maximum absolute atomic E-state index is 13.7. The number of aliphatic hydroxyl groups is 1. The number of hydrogen-bond donors (Lipinski definition) is 2. The molecule has 0 spiro atoms. The molecule has 3 aliphatic rings. The van der Waals surface area contributed by atoms with Gasteiger partial charge in [0.25, 0.3) is 5.56 Å². The zero-order valence-electron chi connectivity index (χ0n) is 22.8. The molecule has 3 aromatic rings. The number of hydrogen-bond acceptors (Lipinski definition) is 8. The Morgan fingerprint density at radius 3 is 2.67 bits per heavy atom. The van der Waals surface area contributed by atoms with Crippen molar-refractivity contribution in [3.05, 3.63) is 63.5 Å². The molecule has 1 unspecified atom stereocenters. The van der Waals surface area contributed by atoms with E-state index in [1.165, 1.54) is 6.08 Å². The van der Waals surface area contributed by atoms with Gasteiger partial charge in [-0.1, -0.05) is 19.4 Å². The lowest BCUT2D eigenvalue weighted by molar-refractivity contribution is 0.154. The Hall–Kier alpha value is -3.24. The molecule has 5 heterocycles. The summed E-state index contributed by atoms with van der Waals surface area (Å²) in [6.07, 6.45) is 1.99. The number of nitrogens with one attached hydrogen (secondary N) is 1. The molecule has 0 bridgehead atoms. The number of rotatable bonds is 9. The van der Waals surface area contributed by atoms with E-state index in [0.29, 0.717) is 36.4 Å². The summed E-state index contributed by atoms with van der Waals surface area (Å²) in [4.78, 5) is 23.6. The summed E-state index contributed by atoms with van der Waals surface area (Å²) in [7, 11) is 2.17. The second-order valence-electron chi connectivity index (χ2n) is 10.7. The smallest absolute Gasteiger partial charge is 0.254 e. The van der Waals surface area contributed by atoms with E-state index >= 15 is 0 Å². The summed E-state index contributed by atoms with van der Waals surface area (Å²) < 4.78 is 13.2. The number of aliphatic hydroxyl groups excluding tert-OH is 1. The number of pyridine rings is 2. The normalized spacial score (nSPS) is 17.4. The predicted octanol–water partition coefficient (Wildman–Crippen LogP) is 2.66. The predicted molar refractivity (Wildman–Crippen MR) is 151 cm³/mol. The molecule has 1 atom stereocenters. The molecule has 39 heavy (non-hydrogen) atoms. The molecule has 9 nitrogen and oxygen atoms in total. The fourth-order valence-corrected chi connectivity index (χ4v) is 5.98. The van der Waals surface area contributed by atoms with Gasteiger partial charge in [0.1, 0.15) is 0 Å². The summed E-state index contributed by atoms with van der Waals surface area (Å²) in [5.74, 6) is 1.40. The standard InChI is InChI=1S/C30H37N5O4/c1-4-6-19-21(26(36)5-2)13-25-29-23(17-35(25)30(19)37)22(16-31-7-8-34-11-9-33(3)10-12-34)20-14-27-28(39-18-38-27)15-24(20)32-29/h5,13-15,26,31,36H,2,4,6-12,16-18H2,1,3H3. The van der Waals surface area contributed by atoms with E-state index in [9.17, 15) is 9.90 Å². The Morgan fingerprint density at radius 2 is 1.92 bits per heavy atom. The van der Waals surface area contributed by atoms with Crippen LogP contribution in [0, 0.1) is 0 Å². The van der Waals surface area contributed by atoms with Crippen LogP contribution in [0.25, 0.3) is 22.3 Å². The molecule has 0 saturated carbocycles. The van der Waals surface area contributed by atoms with Crippen LogP contribution in [0.2, 0.25) is 0 Å². The van der Waals surface area contributed by atoms with Crippen molar-refractivity contribution < 1.29 is 14.6 Å². The number of aromatic nitrogens is 2. The van der Waals surface area contributed by atoms with Crippen LogP contribution in [0.3, 0.4) is 0 Å². The van der Waals surface area contributed by atoms with Crippen LogP contribution in [0.15, 0.2) is 35.6 Å². The van der Waals surface area contributed by atoms with Crippen LogP contribution < -0.4 is 20.3 Å². The van der Waals surface area contributed by atoms with Gasteiger partial charge in [-0.2, -0.15) is 0 Å². The van der Waals surface area contributed by atoms with Gasteiger partial charge < -0.3 is 29.4 Å². The molecule has 2 aromatic heterocycles. The van der Waals surface area contributed by atoms with Crippen molar-refractivity contribution in [2.45, 2.75) is 39.0 Å². The van der Waals surface area contributed by atoms with Crippen molar-refractivity contribution in [1.29, 1.82) is 0 Å². The number of benzene rings is 1. The maximum Gasteiger partial charge on any atom is 0.254 e. The van der Waals surface area contributed by atoms with Crippen LogP contribution in [-0.2, 0) is 19.5 Å². The fourth-order valence-electron chi connectivity index (χ4n) is 5.98. The van der Waals surface area contributed by atoms with Crippen molar-refractivity contribution in [3.8, 4) is 22.9 Å². The lowest BCUT2D eigenvalue weighted by Gasteiger charge is -2.32. The van der Waals surface area contributed by atoms with E-state index < -0.39 is 6.10 Å². The molecule has 0 aliphatic carbocycles. The molecule has 0 radical (unpaired) electrons. The fraction of sp³-hybridized carbons (Fsp3) is 0.467. The van der Waals surface area contributed by atoms with Crippen molar-refractivity contribution in [3.63, 3.8) is 0 Å². The minimum atomic E-state index is -0.904. The summed E-state index contributed by atoms with van der Waals surface area (Å²) in [6.45, 7) is 13.4. The van der Waals surface area contributed by atoms with E-state index in [2.05, 4.69) is 28.7 Å². The maximum atomic E-state index is 13.7. The van der Waals surface area contributed by atoms with E-state index in [1.54, 1.807) is 0 Å². The highest BCUT2D eigenvalue weighted by molar-refractivity contribution is 5.90. The van der Waals surface area contributed by atoms with Crippen LogP contribution in [-0.4, -0.2) is 77.6 Å². The Kier molecular flexibility index (Phi) is 7.16. The molecular formula is C30H37N5O4. The van der Waals surface area contributed by atoms with Crippen molar-refractivity contribution >= 4 is 10.9 Å². The van der Waals surface area contributed by atoms with Gasteiger partial charge in [0.2, 0.25) is 6.79 Å². The molecular weight excluding hydrogens is 494 g/mol. The van der Waals surface area contributed by atoms with Crippen LogP contribution >= 0.6 is 0 Å². The second kappa shape index (κ2) is 10.7. The van der Waals surface area contributed by atoms with Gasteiger partial charge in [0.15, 0.2) is 11.5 Å². The topological polar surface area (TPSA) is 92.1 Å². The van der Waals surface area contributed by atoms with Crippen LogP contribution in [0.1, 0.15) is 41.7 Å². The van der Waals surface area contributed by atoms with Gasteiger partial charge in [0, 0.05) is 68.4 Å². The first-order chi connectivity index (χ1) is 19.0. The number of fused-ring (bicyclic) bond motifs is 5. The second-order valence-corrected chi connectivity index (χ2v) is 10.7. The minimum absolute atomic E-state index is 0.0598. The van der Waals surface area contributed by atoms with Gasteiger partial charge >= 0.3 is 0 Å². The minimum Gasteiger partial charge on any atom is -0.454 e. The largest absolute Gasteiger partial charge is 0.454 e. The first-order valence-electron chi connectivity index (χ1n) is 13.9. The SMILES string of the molecule is C=CC(O)c1cc2n(c(=O)c1CCC)Cc1c-2nc2cc3c(cc2c1CNCCN1CCN(C)CC1)OCO3. The third-order valence-corrected chi connectivity index (χ3v) is 8.24. The lowest BCUT2D eigenvalue weighted by atomic mass is 9.97. The van der Waals surface area contributed by atoms with Crippen molar-refractivity contribution in [2.75, 3.05) is 53.1 Å². The van der Waals surface area contributed by atoms with Gasteiger partial charge in [-0.15, -0.1) is 6.58 Å². The Labute approximate surface area is 228 Å². The molecule has 0 amide bonds. The number of ether oxygens (including phenoxy) is 2. The molecule has 1 aromatic carbocycles. The van der Waals surface area contributed by atoms with E-state index in [4.69, 9.17) is 14.5 Å². The van der Waals surface area contributed by atoms with Gasteiger partial charge in [-0.05, 0) is 36.7 Å². The average Bonchev–Trinajstić information content (AvgIpc) is 3.55. The third kappa shape index (κ3) is 4.74. The molecule has 9 heteroatoms. The average molecular weight is 532 g/mol. The van der Waals surface area contributed by atoms with Gasteiger partial charge in [-0.3, -0.25) is 9.69 Å². The first kappa shape index (κ1) is 26.0. The third-order valence-electron chi connectivity index (χ3n) is 8.24. The summed E-state index contributed by atoms with van der Waals surface area (Å²) in [5.41, 5.74) is 5.71. The van der Waals surface area contributed by atoms with Crippen molar-refractivity contribution in [1.82, 2.24) is 24.7 Å². The monoisotopic (exact) mass is 531 g/mol. The molecule has 2 N–H and O–H groups in total. The molecule has 1 saturated heterocycles. The number of likely N-dealkylation sites (N-methyl/N-ethyl adjacent to an activating group) is 1. The molecule has 206 valence electrons. The van der Waals surface area contributed by atoms with Gasteiger partial charge in [0.05, 0.1) is 29.6 Å². The number of piperazine rings is 1. The van der Waals surface area contributed by atoms with Crippen molar-refractivity contribution in [2.24, 2.45) is 0 Å². The van der Waals surface area contributed by atoms with Crippen LogP contribution in [0.5, 0.6) is 11.5 Å².